The van der Waals surface area contributed by atoms with Crippen LogP contribution in [0.3, 0.4) is 0 Å². The lowest BCUT2D eigenvalue weighted by molar-refractivity contribution is -0.167. The van der Waals surface area contributed by atoms with Crippen LogP contribution in [-0.4, -0.2) is 37.2 Å². The molecule has 0 radical (unpaired) electrons. The Hall–Kier alpha value is -1.59. The van der Waals surface area contributed by atoms with Crippen LogP contribution in [0.2, 0.25) is 0 Å². The summed E-state index contributed by atoms with van der Waals surface area (Å²) in [4.78, 5) is 37.6. The Balaban J connectivity index is 4.15. The van der Waals surface area contributed by atoms with E-state index in [0.29, 0.717) is 19.3 Å². The van der Waals surface area contributed by atoms with Crippen LogP contribution in [0.25, 0.3) is 0 Å². The van der Waals surface area contributed by atoms with Crippen molar-refractivity contribution in [2.45, 2.75) is 277 Å². The van der Waals surface area contributed by atoms with E-state index < -0.39 is 6.10 Å². The van der Waals surface area contributed by atoms with Crippen molar-refractivity contribution >= 4 is 17.9 Å². The van der Waals surface area contributed by atoms with Gasteiger partial charge in [0.25, 0.3) is 0 Å². The molecular weight excluding hydrogens is 673 g/mol. The molecule has 0 fully saturated rings. The third-order valence-corrected chi connectivity index (χ3v) is 10.9. The van der Waals surface area contributed by atoms with E-state index in [1.165, 1.54) is 173 Å². The molecule has 0 saturated heterocycles. The predicted octanol–water partition coefficient (Wildman–Crippen LogP) is 15.3. The summed E-state index contributed by atoms with van der Waals surface area (Å²) >= 11 is 0. The molecule has 0 spiro atoms. The summed E-state index contributed by atoms with van der Waals surface area (Å²) in [6.07, 6.45) is 45.3. The Bertz CT molecular complexity index is 798. The SMILES string of the molecule is CCCCCCCCCCCCCCCCCCCCC(=O)OC[C@H](COC(=O)CCCCCCCCCCCCC)OC(=O)CCCCCCCCC. The molecule has 0 heterocycles. The summed E-state index contributed by atoms with van der Waals surface area (Å²) in [6, 6.07) is 0. The van der Waals surface area contributed by atoms with Crippen LogP contribution >= 0.6 is 0 Å². The smallest absolute Gasteiger partial charge is 0.306 e. The minimum atomic E-state index is -0.757. The molecule has 0 aromatic heterocycles. The maximum Gasteiger partial charge on any atom is 0.306 e. The second-order valence-corrected chi connectivity index (χ2v) is 16.4. The van der Waals surface area contributed by atoms with Gasteiger partial charge in [-0.2, -0.15) is 0 Å². The van der Waals surface area contributed by atoms with Crippen LogP contribution in [0.15, 0.2) is 0 Å². The zero-order valence-electron chi connectivity index (χ0n) is 36.5. The Morgan fingerprint density at radius 3 is 0.741 bits per heavy atom. The lowest BCUT2D eigenvalue weighted by atomic mass is 10.0. The maximum absolute atomic E-state index is 12.6. The fraction of sp³-hybridized carbons (Fsp3) is 0.938. The number of ether oxygens (including phenoxy) is 3. The molecule has 0 amide bonds. The van der Waals surface area contributed by atoms with Crippen molar-refractivity contribution in [3.63, 3.8) is 0 Å². The summed E-state index contributed by atoms with van der Waals surface area (Å²) < 4.78 is 16.7. The van der Waals surface area contributed by atoms with Crippen LogP contribution in [0.5, 0.6) is 0 Å². The van der Waals surface area contributed by atoms with Gasteiger partial charge in [-0.05, 0) is 19.3 Å². The Morgan fingerprint density at radius 2 is 0.500 bits per heavy atom. The first-order chi connectivity index (χ1) is 26.5. The van der Waals surface area contributed by atoms with Crippen LogP contribution in [0.1, 0.15) is 271 Å². The van der Waals surface area contributed by atoms with E-state index in [2.05, 4.69) is 20.8 Å². The minimum absolute atomic E-state index is 0.0631. The fourth-order valence-electron chi connectivity index (χ4n) is 7.21. The average Bonchev–Trinajstić information content (AvgIpc) is 3.17. The second kappa shape index (κ2) is 44.1. The molecule has 0 rings (SSSR count). The zero-order chi connectivity index (χ0) is 39.4. The van der Waals surface area contributed by atoms with Gasteiger partial charge >= 0.3 is 17.9 Å². The summed E-state index contributed by atoms with van der Waals surface area (Å²) in [5, 5.41) is 0. The maximum atomic E-state index is 12.6. The first-order valence-electron chi connectivity index (χ1n) is 24.0. The summed E-state index contributed by atoms with van der Waals surface area (Å²) in [5.41, 5.74) is 0. The lowest BCUT2D eigenvalue weighted by Crippen LogP contribution is -2.30. The average molecular weight is 765 g/mol. The Labute approximate surface area is 336 Å². The molecule has 54 heavy (non-hydrogen) atoms. The summed E-state index contributed by atoms with van der Waals surface area (Å²) in [7, 11) is 0. The quantitative estimate of drug-likeness (QED) is 0.0349. The van der Waals surface area contributed by atoms with Crippen molar-refractivity contribution in [1.29, 1.82) is 0 Å². The van der Waals surface area contributed by atoms with Gasteiger partial charge in [0.15, 0.2) is 6.10 Å². The number of esters is 3. The van der Waals surface area contributed by atoms with Crippen molar-refractivity contribution < 1.29 is 28.6 Å². The molecule has 0 aliphatic rings. The summed E-state index contributed by atoms with van der Waals surface area (Å²) in [6.45, 7) is 6.62. The monoisotopic (exact) mass is 765 g/mol. The highest BCUT2D eigenvalue weighted by atomic mass is 16.6. The normalized spacial score (nSPS) is 11.8. The van der Waals surface area contributed by atoms with Gasteiger partial charge in [0.2, 0.25) is 0 Å². The number of hydrogen-bond acceptors (Lipinski definition) is 6. The number of hydrogen-bond donors (Lipinski definition) is 0. The molecule has 6 nitrogen and oxygen atoms in total. The highest BCUT2D eigenvalue weighted by Gasteiger charge is 2.19. The Morgan fingerprint density at radius 1 is 0.296 bits per heavy atom. The van der Waals surface area contributed by atoms with Gasteiger partial charge < -0.3 is 14.2 Å². The molecule has 0 unspecified atom stereocenters. The lowest BCUT2D eigenvalue weighted by Gasteiger charge is -2.18. The van der Waals surface area contributed by atoms with E-state index >= 15 is 0 Å². The largest absolute Gasteiger partial charge is 0.462 e. The third-order valence-electron chi connectivity index (χ3n) is 10.9. The van der Waals surface area contributed by atoms with Gasteiger partial charge in [-0.3, -0.25) is 14.4 Å². The van der Waals surface area contributed by atoms with E-state index in [0.717, 1.165) is 57.8 Å². The first kappa shape index (κ1) is 52.4. The van der Waals surface area contributed by atoms with Crippen molar-refractivity contribution in [3.05, 3.63) is 0 Å². The van der Waals surface area contributed by atoms with Crippen LogP contribution in [-0.2, 0) is 28.6 Å². The van der Waals surface area contributed by atoms with Crippen molar-refractivity contribution in [3.8, 4) is 0 Å². The zero-order valence-corrected chi connectivity index (χ0v) is 36.5. The molecule has 0 N–H and O–H groups in total. The number of rotatable bonds is 44. The topological polar surface area (TPSA) is 78.9 Å². The van der Waals surface area contributed by atoms with Gasteiger partial charge in [-0.1, -0.05) is 233 Å². The number of carbonyl (C=O) groups is 3. The number of unbranched alkanes of at least 4 members (excludes halogenated alkanes) is 33. The van der Waals surface area contributed by atoms with Crippen molar-refractivity contribution in [1.82, 2.24) is 0 Å². The predicted molar refractivity (Wildman–Crippen MR) is 229 cm³/mol. The van der Waals surface area contributed by atoms with E-state index in [1.54, 1.807) is 0 Å². The number of carbonyl (C=O) groups excluding carboxylic acids is 3. The molecule has 0 aliphatic carbocycles. The van der Waals surface area contributed by atoms with Gasteiger partial charge in [-0.25, -0.2) is 0 Å². The van der Waals surface area contributed by atoms with E-state index in [9.17, 15) is 14.4 Å². The van der Waals surface area contributed by atoms with Crippen molar-refractivity contribution in [2.24, 2.45) is 0 Å². The van der Waals surface area contributed by atoms with Gasteiger partial charge in [0.1, 0.15) is 13.2 Å². The highest BCUT2D eigenvalue weighted by molar-refractivity contribution is 5.71. The molecule has 1 atom stereocenters. The first-order valence-corrected chi connectivity index (χ1v) is 24.0. The molecular formula is C48H92O6. The van der Waals surface area contributed by atoms with Crippen molar-refractivity contribution in [2.75, 3.05) is 13.2 Å². The summed E-state index contributed by atoms with van der Waals surface area (Å²) in [5.74, 6) is -0.856. The highest BCUT2D eigenvalue weighted by Crippen LogP contribution is 2.16. The molecule has 0 saturated carbocycles. The standard InChI is InChI=1S/C48H92O6/c1-4-7-10-13-16-18-20-21-22-23-24-25-26-28-30-33-35-38-41-47(50)53-44-45(54-48(51)42-39-36-31-15-12-9-6-3)43-52-46(49)40-37-34-32-29-27-19-17-14-11-8-5-2/h45H,4-44H2,1-3H3/t45-/m0/s1. The van der Waals surface area contributed by atoms with Gasteiger partial charge in [0, 0.05) is 19.3 Å². The molecule has 0 aromatic carbocycles. The minimum Gasteiger partial charge on any atom is -0.462 e. The third kappa shape index (κ3) is 41.6. The molecule has 0 aromatic rings. The van der Waals surface area contributed by atoms with E-state index in [-0.39, 0.29) is 31.1 Å². The fourth-order valence-corrected chi connectivity index (χ4v) is 7.21. The van der Waals surface area contributed by atoms with E-state index in [4.69, 9.17) is 14.2 Å². The van der Waals surface area contributed by atoms with Crippen LogP contribution in [0, 0.1) is 0 Å². The second-order valence-electron chi connectivity index (χ2n) is 16.4. The molecule has 320 valence electrons. The molecule has 0 aliphatic heterocycles. The molecule has 6 heteroatoms. The van der Waals surface area contributed by atoms with Crippen LogP contribution < -0.4 is 0 Å². The van der Waals surface area contributed by atoms with Gasteiger partial charge in [0.05, 0.1) is 0 Å². The van der Waals surface area contributed by atoms with Crippen LogP contribution in [0.4, 0.5) is 0 Å². The molecule has 0 bridgehead atoms. The van der Waals surface area contributed by atoms with E-state index in [1.807, 2.05) is 0 Å². The van der Waals surface area contributed by atoms with Gasteiger partial charge in [-0.15, -0.1) is 0 Å². The Kier molecular flexibility index (Phi) is 42.8.